The lowest BCUT2D eigenvalue weighted by atomic mass is 9.85. The number of primary amides is 1. The van der Waals surface area contributed by atoms with Gasteiger partial charge in [-0.15, -0.1) is 0 Å². The average molecular weight is 281 g/mol. The number of hydrogen-bond acceptors (Lipinski definition) is 3. The number of rotatable bonds is 5. The molecule has 2 aliphatic rings. The summed E-state index contributed by atoms with van der Waals surface area (Å²) < 4.78 is 0. The molecule has 1 unspecified atom stereocenters. The number of piperidine rings is 1. The normalized spacial score (nSPS) is 30.7. The van der Waals surface area contributed by atoms with Crippen LogP contribution in [0, 0.1) is 11.8 Å². The highest BCUT2D eigenvalue weighted by Gasteiger charge is 2.25. The van der Waals surface area contributed by atoms with Gasteiger partial charge in [0.2, 0.25) is 11.8 Å². The van der Waals surface area contributed by atoms with Gasteiger partial charge in [-0.3, -0.25) is 9.59 Å². The largest absolute Gasteiger partial charge is 0.369 e. The lowest BCUT2D eigenvalue weighted by Crippen LogP contribution is -2.40. The van der Waals surface area contributed by atoms with E-state index >= 15 is 0 Å². The van der Waals surface area contributed by atoms with E-state index in [1.54, 1.807) is 0 Å². The molecule has 1 aliphatic carbocycles. The lowest BCUT2D eigenvalue weighted by molar-refractivity contribution is -0.123. The van der Waals surface area contributed by atoms with Crippen LogP contribution in [-0.2, 0) is 9.59 Å². The minimum atomic E-state index is -0.195. The summed E-state index contributed by atoms with van der Waals surface area (Å²) in [4.78, 5) is 23.0. The maximum atomic E-state index is 11.9. The Labute approximate surface area is 121 Å². The highest BCUT2D eigenvalue weighted by Crippen LogP contribution is 2.24. The van der Waals surface area contributed by atoms with Crippen LogP contribution in [0.15, 0.2) is 0 Å². The van der Waals surface area contributed by atoms with Crippen LogP contribution in [0.1, 0.15) is 51.4 Å². The number of nitrogens with two attached hydrogens (primary N) is 1. The molecule has 0 radical (unpaired) electrons. The van der Waals surface area contributed by atoms with E-state index in [-0.39, 0.29) is 23.8 Å². The van der Waals surface area contributed by atoms with Crippen LogP contribution in [0.4, 0.5) is 0 Å². The van der Waals surface area contributed by atoms with Crippen molar-refractivity contribution in [2.75, 3.05) is 13.1 Å². The molecular formula is C15H27N3O2. The Morgan fingerprint density at radius 2 is 1.90 bits per heavy atom. The standard InChI is InChI=1S/C15H27N3O2/c16-15(20)12-4-6-13(7-5-12)18-14(19)8-3-11-2-1-9-17-10-11/h11-13,17H,1-10H2,(H2,16,20)(H,18,19). The number of hydrogen-bond donors (Lipinski definition) is 3. The van der Waals surface area contributed by atoms with Crippen molar-refractivity contribution < 1.29 is 9.59 Å². The molecule has 0 aromatic rings. The second-order valence-electron chi connectivity index (χ2n) is 6.27. The zero-order valence-corrected chi connectivity index (χ0v) is 12.2. The van der Waals surface area contributed by atoms with Gasteiger partial charge in [0.15, 0.2) is 0 Å². The molecule has 5 heteroatoms. The van der Waals surface area contributed by atoms with Gasteiger partial charge in [0.1, 0.15) is 0 Å². The number of carbonyl (C=O) groups excluding carboxylic acids is 2. The SMILES string of the molecule is NC(=O)C1CCC(NC(=O)CCC2CCCNC2)CC1. The third-order valence-electron chi connectivity index (χ3n) is 4.67. The molecule has 0 spiro atoms. The van der Waals surface area contributed by atoms with Crippen LogP contribution >= 0.6 is 0 Å². The summed E-state index contributed by atoms with van der Waals surface area (Å²) in [6.45, 7) is 2.17. The van der Waals surface area contributed by atoms with Gasteiger partial charge in [0.05, 0.1) is 0 Å². The van der Waals surface area contributed by atoms with Gasteiger partial charge in [0, 0.05) is 18.4 Å². The van der Waals surface area contributed by atoms with E-state index in [0.717, 1.165) is 45.2 Å². The Bertz CT molecular complexity index is 332. The molecule has 1 heterocycles. The fourth-order valence-corrected chi connectivity index (χ4v) is 3.33. The van der Waals surface area contributed by atoms with Gasteiger partial charge in [-0.1, -0.05) is 0 Å². The summed E-state index contributed by atoms with van der Waals surface area (Å²) >= 11 is 0. The highest BCUT2D eigenvalue weighted by molar-refractivity contribution is 5.77. The Morgan fingerprint density at radius 1 is 1.15 bits per heavy atom. The molecule has 0 bridgehead atoms. The van der Waals surface area contributed by atoms with Gasteiger partial charge in [-0.2, -0.15) is 0 Å². The molecule has 2 amide bonds. The lowest BCUT2D eigenvalue weighted by Gasteiger charge is -2.28. The smallest absolute Gasteiger partial charge is 0.220 e. The Kier molecular flexibility index (Phi) is 5.83. The van der Waals surface area contributed by atoms with Crippen molar-refractivity contribution in [2.24, 2.45) is 17.6 Å². The Morgan fingerprint density at radius 3 is 2.50 bits per heavy atom. The predicted octanol–water partition coefficient (Wildman–Crippen LogP) is 0.926. The van der Waals surface area contributed by atoms with Gasteiger partial charge in [-0.05, 0) is 64.0 Å². The molecule has 1 atom stereocenters. The van der Waals surface area contributed by atoms with E-state index in [1.165, 1.54) is 12.8 Å². The van der Waals surface area contributed by atoms with Crippen molar-refractivity contribution in [1.82, 2.24) is 10.6 Å². The fraction of sp³-hybridized carbons (Fsp3) is 0.867. The summed E-state index contributed by atoms with van der Waals surface area (Å²) in [5.41, 5.74) is 5.31. The summed E-state index contributed by atoms with van der Waals surface area (Å²) in [6, 6.07) is 0.239. The van der Waals surface area contributed by atoms with E-state index < -0.39 is 0 Å². The molecule has 2 fully saturated rings. The van der Waals surface area contributed by atoms with Crippen LogP contribution in [0.25, 0.3) is 0 Å². The molecule has 114 valence electrons. The molecule has 5 nitrogen and oxygen atoms in total. The maximum Gasteiger partial charge on any atom is 0.220 e. The summed E-state index contributed by atoms with van der Waals surface area (Å²) in [5.74, 6) is 0.634. The van der Waals surface area contributed by atoms with Gasteiger partial charge in [-0.25, -0.2) is 0 Å². The monoisotopic (exact) mass is 281 g/mol. The van der Waals surface area contributed by atoms with Gasteiger partial charge in [0.25, 0.3) is 0 Å². The highest BCUT2D eigenvalue weighted by atomic mass is 16.2. The molecule has 2 rings (SSSR count). The minimum absolute atomic E-state index is 0.0106. The Balaban J connectivity index is 1.61. The van der Waals surface area contributed by atoms with Crippen LogP contribution in [0.2, 0.25) is 0 Å². The molecule has 1 saturated carbocycles. The molecule has 0 aromatic heterocycles. The van der Waals surface area contributed by atoms with E-state index in [9.17, 15) is 9.59 Å². The predicted molar refractivity (Wildman–Crippen MR) is 77.9 cm³/mol. The quantitative estimate of drug-likeness (QED) is 0.701. The van der Waals surface area contributed by atoms with Crippen molar-refractivity contribution in [3.05, 3.63) is 0 Å². The third-order valence-corrected chi connectivity index (χ3v) is 4.67. The van der Waals surface area contributed by atoms with Crippen molar-refractivity contribution in [3.63, 3.8) is 0 Å². The second kappa shape index (κ2) is 7.62. The van der Waals surface area contributed by atoms with Crippen molar-refractivity contribution in [2.45, 2.75) is 57.4 Å². The van der Waals surface area contributed by atoms with Crippen LogP contribution in [0.3, 0.4) is 0 Å². The zero-order valence-electron chi connectivity index (χ0n) is 12.2. The van der Waals surface area contributed by atoms with E-state index in [0.29, 0.717) is 12.3 Å². The first kappa shape index (κ1) is 15.3. The fourth-order valence-electron chi connectivity index (χ4n) is 3.33. The van der Waals surface area contributed by atoms with E-state index in [4.69, 9.17) is 5.73 Å². The first-order chi connectivity index (χ1) is 9.65. The Hall–Kier alpha value is -1.10. The zero-order chi connectivity index (χ0) is 14.4. The summed E-state index contributed by atoms with van der Waals surface area (Å²) in [6.07, 6.45) is 7.46. The molecule has 20 heavy (non-hydrogen) atoms. The minimum Gasteiger partial charge on any atom is -0.369 e. The molecular weight excluding hydrogens is 254 g/mol. The molecule has 4 N–H and O–H groups in total. The van der Waals surface area contributed by atoms with E-state index in [1.807, 2.05) is 0 Å². The molecule has 1 aliphatic heterocycles. The first-order valence-corrected chi connectivity index (χ1v) is 7.94. The van der Waals surface area contributed by atoms with Gasteiger partial charge < -0.3 is 16.4 Å². The number of amides is 2. The van der Waals surface area contributed by atoms with Crippen molar-refractivity contribution >= 4 is 11.8 Å². The van der Waals surface area contributed by atoms with Crippen LogP contribution in [0.5, 0.6) is 0 Å². The maximum absolute atomic E-state index is 11.9. The second-order valence-corrected chi connectivity index (χ2v) is 6.27. The first-order valence-electron chi connectivity index (χ1n) is 7.94. The van der Waals surface area contributed by atoms with E-state index in [2.05, 4.69) is 10.6 Å². The summed E-state index contributed by atoms with van der Waals surface area (Å²) in [7, 11) is 0. The third kappa shape index (κ3) is 4.78. The topological polar surface area (TPSA) is 84.2 Å². The van der Waals surface area contributed by atoms with Crippen LogP contribution in [-0.4, -0.2) is 30.9 Å². The average Bonchev–Trinajstić information content (AvgIpc) is 2.47. The number of nitrogens with one attached hydrogen (secondary N) is 2. The van der Waals surface area contributed by atoms with Crippen molar-refractivity contribution in [3.8, 4) is 0 Å². The van der Waals surface area contributed by atoms with Crippen molar-refractivity contribution in [1.29, 1.82) is 0 Å². The molecule has 0 aromatic carbocycles. The van der Waals surface area contributed by atoms with Crippen LogP contribution < -0.4 is 16.4 Å². The summed E-state index contributed by atoms with van der Waals surface area (Å²) in [5, 5.41) is 6.49. The number of carbonyl (C=O) groups is 2. The molecule has 1 saturated heterocycles. The van der Waals surface area contributed by atoms with Gasteiger partial charge >= 0.3 is 0 Å².